The van der Waals surface area contributed by atoms with Crippen LogP contribution in [0.3, 0.4) is 0 Å². The SMILES string of the molecule is Cc1cc(/C=C2\C(=O)NC(=O)N(c3cccc(Cl)c3Cl)C2=O)c(C)n1C. The Morgan fingerprint density at radius 1 is 1.12 bits per heavy atom. The van der Waals surface area contributed by atoms with Crippen LogP contribution in [0, 0.1) is 13.8 Å². The maximum Gasteiger partial charge on any atom is 0.336 e. The molecule has 1 aromatic carbocycles. The van der Waals surface area contributed by atoms with Crippen LogP contribution in [-0.2, 0) is 16.6 Å². The van der Waals surface area contributed by atoms with Gasteiger partial charge in [0, 0.05) is 18.4 Å². The van der Waals surface area contributed by atoms with E-state index in [4.69, 9.17) is 23.2 Å². The zero-order valence-electron chi connectivity index (χ0n) is 14.3. The van der Waals surface area contributed by atoms with E-state index in [1.807, 2.05) is 31.5 Å². The summed E-state index contributed by atoms with van der Waals surface area (Å²) in [4.78, 5) is 38.2. The first-order valence-corrected chi connectivity index (χ1v) is 8.46. The van der Waals surface area contributed by atoms with Crippen molar-refractivity contribution in [2.45, 2.75) is 13.8 Å². The van der Waals surface area contributed by atoms with Crippen molar-refractivity contribution in [3.63, 3.8) is 0 Å². The molecule has 0 spiro atoms. The zero-order chi connectivity index (χ0) is 19.2. The van der Waals surface area contributed by atoms with Gasteiger partial charge >= 0.3 is 6.03 Å². The van der Waals surface area contributed by atoms with Crippen molar-refractivity contribution in [2.75, 3.05) is 4.90 Å². The fourth-order valence-electron chi connectivity index (χ4n) is 2.73. The van der Waals surface area contributed by atoms with E-state index in [2.05, 4.69) is 5.32 Å². The predicted octanol–water partition coefficient (Wildman–Crippen LogP) is 3.62. The van der Waals surface area contributed by atoms with Gasteiger partial charge in [-0.25, -0.2) is 9.69 Å². The molecular weight excluding hydrogens is 377 g/mol. The van der Waals surface area contributed by atoms with Crippen molar-refractivity contribution >= 4 is 52.8 Å². The molecule has 1 N–H and O–H groups in total. The number of urea groups is 1. The second-order valence-corrected chi connectivity index (χ2v) is 6.70. The molecular formula is C18H15Cl2N3O3. The number of imide groups is 2. The van der Waals surface area contributed by atoms with Crippen molar-refractivity contribution in [2.24, 2.45) is 7.05 Å². The van der Waals surface area contributed by atoms with Crippen LogP contribution in [0.4, 0.5) is 10.5 Å². The standard InChI is InChI=1S/C18H15Cl2N3O3/c1-9-7-11(10(2)22(9)3)8-12-16(24)21-18(26)23(17(12)25)14-6-4-5-13(19)15(14)20/h4-8H,1-3H3,(H,21,24,26)/b12-8+. The van der Waals surface area contributed by atoms with E-state index < -0.39 is 17.8 Å². The number of carbonyl (C=O) groups excluding carboxylic acids is 3. The van der Waals surface area contributed by atoms with Crippen molar-refractivity contribution in [3.05, 3.63) is 56.8 Å². The third-order valence-corrected chi connectivity index (χ3v) is 5.20. The van der Waals surface area contributed by atoms with Crippen LogP contribution in [-0.4, -0.2) is 22.4 Å². The Balaban J connectivity index is 2.10. The molecule has 3 rings (SSSR count). The van der Waals surface area contributed by atoms with Crippen LogP contribution in [0.1, 0.15) is 17.0 Å². The summed E-state index contributed by atoms with van der Waals surface area (Å²) >= 11 is 12.1. The largest absolute Gasteiger partial charge is 0.352 e. The van der Waals surface area contributed by atoms with Gasteiger partial charge in [0.15, 0.2) is 0 Å². The summed E-state index contributed by atoms with van der Waals surface area (Å²) < 4.78 is 1.94. The Morgan fingerprint density at radius 2 is 1.81 bits per heavy atom. The number of hydrogen-bond acceptors (Lipinski definition) is 3. The highest BCUT2D eigenvalue weighted by Crippen LogP contribution is 2.34. The zero-order valence-corrected chi connectivity index (χ0v) is 15.8. The Labute approximate surface area is 160 Å². The van der Waals surface area contributed by atoms with Gasteiger partial charge in [0.2, 0.25) is 0 Å². The molecule has 1 fully saturated rings. The van der Waals surface area contributed by atoms with Crippen molar-refractivity contribution in [3.8, 4) is 0 Å². The summed E-state index contributed by atoms with van der Waals surface area (Å²) in [5, 5.41) is 2.42. The summed E-state index contributed by atoms with van der Waals surface area (Å²) in [6.45, 7) is 3.79. The Kier molecular flexibility index (Phi) is 4.64. The van der Waals surface area contributed by atoms with Gasteiger partial charge in [0.25, 0.3) is 11.8 Å². The molecule has 134 valence electrons. The fourth-order valence-corrected chi connectivity index (χ4v) is 3.11. The third-order valence-electron chi connectivity index (χ3n) is 4.39. The number of hydrogen-bond donors (Lipinski definition) is 1. The summed E-state index contributed by atoms with van der Waals surface area (Å²) in [5.41, 5.74) is 2.54. The number of amides is 4. The number of benzene rings is 1. The van der Waals surface area contributed by atoms with Gasteiger partial charge < -0.3 is 4.57 Å². The first-order valence-electron chi connectivity index (χ1n) is 7.70. The predicted molar refractivity (Wildman–Crippen MR) is 100 cm³/mol. The molecule has 1 aromatic heterocycles. The quantitative estimate of drug-likeness (QED) is 0.627. The number of aryl methyl sites for hydroxylation is 1. The molecule has 2 aromatic rings. The van der Waals surface area contributed by atoms with E-state index >= 15 is 0 Å². The van der Waals surface area contributed by atoms with Gasteiger partial charge in [-0.2, -0.15) is 0 Å². The molecule has 1 aliphatic heterocycles. The highest BCUT2D eigenvalue weighted by Gasteiger charge is 2.38. The molecule has 0 atom stereocenters. The van der Waals surface area contributed by atoms with E-state index in [0.717, 1.165) is 21.9 Å². The Morgan fingerprint density at radius 3 is 2.42 bits per heavy atom. The minimum atomic E-state index is -0.873. The van der Waals surface area contributed by atoms with E-state index in [9.17, 15) is 14.4 Å². The summed E-state index contributed by atoms with van der Waals surface area (Å²) in [7, 11) is 1.89. The molecule has 26 heavy (non-hydrogen) atoms. The lowest BCUT2D eigenvalue weighted by Gasteiger charge is -2.27. The number of halogens is 2. The van der Waals surface area contributed by atoms with Crippen LogP contribution in [0.15, 0.2) is 29.8 Å². The minimum Gasteiger partial charge on any atom is -0.352 e. The Hall–Kier alpha value is -2.57. The molecule has 8 heteroatoms. The minimum absolute atomic E-state index is 0.0538. The highest BCUT2D eigenvalue weighted by atomic mass is 35.5. The van der Waals surface area contributed by atoms with Gasteiger partial charge in [-0.1, -0.05) is 29.3 Å². The molecule has 1 aliphatic rings. The van der Waals surface area contributed by atoms with E-state index in [0.29, 0.717) is 0 Å². The molecule has 2 heterocycles. The fraction of sp³-hybridized carbons (Fsp3) is 0.167. The molecule has 0 saturated carbocycles. The second-order valence-electron chi connectivity index (χ2n) is 5.92. The number of anilines is 1. The normalized spacial score (nSPS) is 16.4. The molecule has 0 aliphatic carbocycles. The van der Waals surface area contributed by atoms with Crippen LogP contribution < -0.4 is 10.2 Å². The van der Waals surface area contributed by atoms with E-state index in [1.165, 1.54) is 18.2 Å². The number of nitrogens with zero attached hydrogens (tertiary/aromatic N) is 2. The number of rotatable bonds is 2. The van der Waals surface area contributed by atoms with Crippen LogP contribution in [0.5, 0.6) is 0 Å². The lowest BCUT2D eigenvalue weighted by Crippen LogP contribution is -2.54. The number of carbonyl (C=O) groups is 3. The maximum atomic E-state index is 12.9. The lowest BCUT2D eigenvalue weighted by atomic mass is 10.1. The van der Waals surface area contributed by atoms with Gasteiger partial charge in [0.1, 0.15) is 5.57 Å². The average molecular weight is 392 g/mol. The van der Waals surface area contributed by atoms with Crippen molar-refractivity contribution in [1.29, 1.82) is 0 Å². The molecule has 6 nitrogen and oxygen atoms in total. The Bertz CT molecular complexity index is 992. The second kappa shape index (κ2) is 6.63. The maximum absolute atomic E-state index is 12.9. The van der Waals surface area contributed by atoms with Gasteiger partial charge in [-0.15, -0.1) is 0 Å². The van der Waals surface area contributed by atoms with Crippen molar-refractivity contribution in [1.82, 2.24) is 9.88 Å². The monoisotopic (exact) mass is 391 g/mol. The van der Waals surface area contributed by atoms with Crippen LogP contribution >= 0.6 is 23.2 Å². The molecule has 4 amide bonds. The molecule has 0 bridgehead atoms. The summed E-state index contributed by atoms with van der Waals surface area (Å²) in [5.74, 6) is -1.51. The molecule has 0 radical (unpaired) electrons. The number of aromatic nitrogens is 1. The van der Waals surface area contributed by atoms with E-state index in [1.54, 1.807) is 6.07 Å². The summed E-state index contributed by atoms with van der Waals surface area (Å²) in [6.07, 6.45) is 1.47. The van der Waals surface area contributed by atoms with Gasteiger partial charge in [0.05, 0.1) is 15.7 Å². The van der Waals surface area contributed by atoms with Crippen molar-refractivity contribution < 1.29 is 14.4 Å². The highest BCUT2D eigenvalue weighted by molar-refractivity contribution is 6.46. The first kappa shape index (κ1) is 18.2. The van der Waals surface area contributed by atoms with Crippen LogP contribution in [0.25, 0.3) is 6.08 Å². The third kappa shape index (κ3) is 2.91. The van der Waals surface area contributed by atoms with Gasteiger partial charge in [-0.05, 0) is 43.7 Å². The lowest BCUT2D eigenvalue weighted by molar-refractivity contribution is -0.122. The number of barbiturate groups is 1. The molecule has 0 unspecified atom stereocenters. The van der Waals surface area contributed by atoms with E-state index in [-0.39, 0.29) is 21.3 Å². The average Bonchev–Trinajstić information content (AvgIpc) is 2.82. The summed E-state index contributed by atoms with van der Waals surface area (Å²) in [6, 6.07) is 5.57. The van der Waals surface area contributed by atoms with Crippen LogP contribution in [0.2, 0.25) is 10.0 Å². The first-order chi connectivity index (χ1) is 12.2. The molecule has 1 saturated heterocycles. The van der Waals surface area contributed by atoms with Gasteiger partial charge in [-0.3, -0.25) is 14.9 Å². The smallest absolute Gasteiger partial charge is 0.336 e. The number of nitrogens with one attached hydrogen (secondary N) is 1. The topological polar surface area (TPSA) is 71.4 Å².